The maximum atomic E-state index is 12.5. The fourth-order valence-corrected chi connectivity index (χ4v) is 8.36. The smallest absolute Gasteiger partial charge is 0.295 e. The predicted octanol–water partition coefficient (Wildman–Crippen LogP) is 9.76. The molecular formula is C49H45N3O11S2. The molecule has 0 heterocycles. The average Bonchev–Trinajstić information content (AvgIpc) is 3.20. The number of nitrogen functional groups attached to an aromatic ring is 1. The number of aryl methyl sites for hydroxylation is 5. The van der Waals surface area contributed by atoms with Gasteiger partial charge in [0.25, 0.3) is 32.1 Å². The molecule has 0 atom stereocenters. The highest BCUT2D eigenvalue weighted by atomic mass is 32.2. The molecule has 0 aliphatic rings. The minimum atomic E-state index is -4.49. The Bertz CT molecular complexity index is 3390. The summed E-state index contributed by atoms with van der Waals surface area (Å²) in [6.07, 6.45) is 0. The lowest BCUT2D eigenvalue weighted by Crippen LogP contribution is -2.13. The van der Waals surface area contributed by atoms with Gasteiger partial charge >= 0.3 is 0 Å². The van der Waals surface area contributed by atoms with Gasteiger partial charge in [-0.05, 0) is 141 Å². The minimum Gasteiger partial charge on any atom is -0.507 e. The molecule has 0 aromatic heterocycles. The molecule has 0 aliphatic heterocycles. The van der Waals surface area contributed by atoms with Crippen molar-refractivity contribution in [2.24, 2.45) is 0 Å². The number of carbonyl (C=O) groups excluding carboxylic acids is 2. The van der Waals surface area contributed by atoms with Gasteiger partial charge in [-0.25, -0.2) is 0 Å². The zero-order valence-corrected chi connectivity index (χ0v) is 37.3. The number of fused-ring (bicyclic) bond motifs is 3. The van der Waals surface area contributed by atoms with Gasteiger partial charge in [0.05, 0.1) is 16.3 Å². The second kappa shape index (κ2) is 18.7. The van der Waals surface area contributed by atoms with E-state index < -0.39 is 32.1 Å². The molecule has 0 bridgehead atoms. The fraction of sp³-hybridized carbons (Fsp3) is 0.102. The Morgan fingerprint density at radius 1 is 0.477 bits per heavy atom. The van der Waals surface area contributed by atoms with Crippen molar-refractivity contribution in [1.82, 2.24) is 0 Å². The van der Waals surface area contributed by atoms with Crippen LogP contribution in [0.3, 0.4) is 0 Å². The predicted molar refractivity (Wildman–Crippen MR) is 253 cm³/mol. The second-order valence-electron chi connectivity index (χ2n) is 15.5. The number of phenolic OH excluding ortho intramolecular Hbond substituents is 3. The van der Waals surface area contributed by atoms with Gasteiger partial charge in [-0.15, -0.1) is 0 Å². The number of phenols is 3. The number of rotatable bonds is 6. The standard InChI is InChI=1S/2C19H17NO5S.C11H11NO/c1-11-3-5-13(6-4-11)19(22)20-16-10-15(26(23,24)25)9-14-7-12(2)8-17(21)18(14)16;1-11-3-5-13(6-4-11)19(22)20-15-7-8-17(26(23,24)25)14-9-12(2)10-16(21)18(14)15;1-7-5-8-3-2-4-9(12)11(8)10(13)6-7/h2*3-10,21H,1-2H3,(H,20,22)(H,23,24,25);2-6,13H,12H2,1H3. The van der Waals surface area contributed by atoms with Gasteiger partial charge in [0, 0.05) is 38.4 Å². The molecule has 16 heteroatoms. The molecule has 0 aliphatic carbocycles. The molecule has 65 heavy (non-hydrogen) atoms. The molecule has 8 rings (SSSR count). The summed E-state index contributed by atoms with van der Waals surface area (Å²) < 4.78 is 65.3. The lowest BCUT2D eigenvalue weighted by Gasteiger charge is -2.13. The summed E-state index contributed by atoms with van der Waals surface area (Å²) in [6.45, 7) is 9.17. The monoisotopic (exact) mass is 915 g/mol. The summed E-state index contributed by atoms with van der Waals surface area (Å²) in [6, 6.07) is 34.2. The maximum Gasteiger partial charge on any atom is 0.295 e. The van der Waals surface area contributed by atoms with Gasteiger partial charge < -0.3 is 31.7 Å². The molecule has 2 amide bonds. The quantitative estimate of drug-likeness (QED) is 0.0573. The van der Waals surface area contributed by atoms with Crippen molar-refractivity contribution in [3.8, 4) is 17.2 Å². The highest BCUT2D eigenvalue weighted by molar-refractivity contribution is 7.86. The highest BCUT2D eigenvalue weighted by Crippen LogP contribution is 2.38. The normalized spacial score (nSPS) is 11.3. The highest BCUT2D eigenvalue weighted by Gasteiger charge is 2.21. The number of carbonyl (C=O) groups is 2. The molecule has 14 nitrogen and oxygen atoms in total. The molecule has 0 spiro atoms. The van der Waals surface area contributed by atoms with Crippen LogP contribution < -0.4 is 16.4 Å². The van der Waals surface area contributed by atoms with Gasteiger partial charge in [0.2, 0.25) is 0 Å². The summed E-state index contributed by atoms with van der Waals surface area (Å²) in [5.74, 6) is -0.886. The van der Waals surface area contributed by atoms with Crippen LogP contribution in [0.25, 0.3) is 32.3 Å². The van der Waals surface area contributed by atoms with Gasteiger partial charge in [-0.3, -0.25) is 18.7 Å². The molecule has 334 valence electrons. The van der Waals surface area contributed by atoms with E-state index in [0.717, 1.165) is 33.5 Å². The van der Waals surface area contributed by atoms with Crippen molar-refractivity contribution in [2.45, 2.75) is 44.4 Å². The first kappa shape index (κ1) is 47.0. The maximum absolute atomic E-state index is 12.5. The molecule has 8 aromatic carbocycles. The third-order valence-electron chi connectivity index (χ3n) is 10.2. The molecule has 0 radical (unpaired) electrons. The van der Waals surface area contributed by atoms with E-state index in [1.165, 1.54) is 36.4 Å². The van der Waals surface area contributed by atoms with Crippen molar-refractivity contribution in [2.75, 3.05) is 16.4 Å². The van der Waals surface area contributed by atoms with Crippen LogP contribution in [0.4, 0.5) is 17.1 Å². The van der Waals surface area contributed by atoms with E-state index in [1.54, 1.807) is 80.6 Å². The largest absolute Gasteiger partial charge is 0.507 e. The first-order chi connectivity index (χ1) is 30.5. The van der Waals surface area contributed by atoms with Crippen LogP contribution in [-0.2, 0) is 20.2 Å². The van der Waals surface area contributed by atoms with Crippen molar-refractivity contribution >= 4 is 81.4 Å². The summed E-state index contributed by atoms with van der Waals surface area (Å²) >= 11 is 0. The van der Waals surface area contributed by atoms with Gasteiger partial charge in [0.1, 0.15) is 22.1 Å². The minimum absolute atomic E-state index is 0.0956. The van der Waals surface area contributed by atoms with Crippen LogP contribution in [0.15, 0.2) is 137 Å². The van der Waals surface area contributed by atoms with Crippen LogP contribution in [0.1, 0.15) is 48.5 Å². The van der Waals surface area contributed by atoms with Gasteiger partial charge in [-0.1, -0.05) is 59.7 Å². The van der Waals surface area contributed by atoms with E-state index in [4.69, 9.17) is 5.73 Å². The van der Waals surface area contributed by atoms with E-state index in [0.29, 0.717) is 38.7 Å². The van der Waals surface area contributed by atoms with Gasteiger partial charge in [0.15, 0.2) is 0 Å². The Labute approximate surface area is 375 Å². The van der Waals surface area contributed by atoms with Crippen LogP contribution in [0.5, 0.6) is 17.2 Å². The molecule has 8 aromatic rings. The molecule has 9 N–H and O–H groups in total. The van der Waals surface area contributed by atoms with Crippen LogP contribution in [0, 0.1) is 34.6 Å². The summed E-state index contributed by atoms with van der Waals surface area (Å²) in [5.41, 5.74) is 11.9. The molecule has 0 saturated carbocycles. The van der Waals surface area contributed by atoms with Crippen molar-refractivity contribution in [3.63, 3.8) is 0 Å². The van der Waals surface area contributed by atoms with Gasteiger partial charge in [-0.2, -0.15) is 16.8 Å². The third kappa shape index (κ3) is 11.0. The van der Waals surface area contributed by atoms with Crippen LogP contribution in [-0.4, -0.2) is 53.1 Å². The average molecular weight is 916 g/mol. The number of hydrogen-bond donors (Lipinski definition) is 8. The number of nitrogens with one attached hydrogen (secondary N) is 2. The topological polar surface area (TPSA) is 254 Å². The number of nitrogens with two attached hydrogens (primary N) is 1. The zero-order valence-electron chi connectivity index (χ0n) is 35.7. The molecule has 0 fully saturated rings. The van der Waals surface area contributed by atoms with E-state index in [2.05, 4.69) is 10.6 Å². The Hall–Kier alpha value is -7.50. The third-order valence-corrected chi connectivity index (χ3v) is 11.9. The summed E-state index contributed by atoms with van der Waals surface area (Å²) in [7, 11) is -8.97. The Balaban J connectivity index is 0.000000171. The lowest BCUT2D eigenvalue weighted by atomic mass is 10.0. The van der Waals surface area contributed by atoms with Crippen LogP contribution >= 0.6 is 0 Å². The van der Waals surface area contributed by atoms with E-state index in [9.17, 15) is 50.8 Å². The Morgan fingerprint density at radius 3 is 1.48 bits per heavy atom. The summed E-state index contributed by atoms with van der Waals surface area (Å²) in [4.78, 5) is 24.3. The SMILES string of the molecule is Cc1cc(O)c2c(N)cccc2c1.Cc1ccc(C(=O)Nc2cc(S(=O)(=O)O)cc3cc(C)cc(O)c23)cc1.Cc1ccc(C(=O)Nc2ccc(S(=O)(=O)O)c3cc(C)cc(O)c23)cc1. The number of benzene rings is 8. The number of hydrogen-bond acceptors (Lipinski definition) is 10. The van der Waals surface area contributed by atoms with E-state index in [1.807, 2.05) is 39.0 Å². The lowest BCUT2D eigenvalue weighted by molar-refractivity contribution is 0.101. The number of amides is 2. The Morgan fingerprint density at radius 2 is 0.954 bits per heavy atom. The fourth-order valence-electron chi connectivity index (χ4n) is 7.14. The molecule has 0 saturated heterocycles. The number of anilines is 3. The van der Waals surface area contributed by atoms with Crippen molar-refractivity contribution < 1.29 is 50.8 Å². The summed E-state index contributed by atoms with van der Waals surface area (Å²) in [5, 5.41) is 38.2. The molecule has 0 unspecified atom stereocenters. The zero-order chi connectivity index (χ0) is 47.5. The van der Waals surface area contributed by atoms with Crippen molar-refractivity contribution in [1.29, 1.82) is 0 Å². The Kier molecular flexibility index (Phi) is 13.5. The first-order valence-electron chi connectivity index (χ1n) is 19.7. The first-order valence-corrected chi connectivity index (χ1v) is 22.6. The van der Waals surface area contributed by atoms with Crippen LogP contribution in [0.2, 0.25) is 0 Å². The molecular weight excluding hydrogens is 871 g/mol. The van der Waals surface area contributed by atoms with E-state index >= 15 is 0 Å². The number of aromatic hydroxyl groups is 3. The van der Waals surface area contributed by atoms with Crippen molar-refractivity contribution in [3.05, 3.63) is 166 Å². The van der Waals surface area contributed by atoms with E-state index in [-0.39, 0.29) is 49.2 Å². The second-order valence-corrected chi connectivity index (χ2v) is 18.3.